The third kappa shape index (κ3) is 3.18. The smallest absolute Gasteiger partial charge is 0.308 e. The van der Waals surface area contributed by atoms with Gasteiger partial charge in [0.05, 0.1) is 4.88 Å². The van der Waals surface area contributed by atoms with E-state index in [9.17, 15) is 9.59 Å². The molecule has 0 bridgehead atoms. The Balaban J connectivity index is 1.93. The van der Waals surface area contributed by atoms with Gasteiger partial charge in [0, 0.05) is 5.69 Å². The maximum absolute atomic E-state index is 11.6. The first-order valence-corrected chi connectivity index (χ1v) is 6.25. The molecule has 1 heterocycles. The number of aryl methyl sites for hydroxylation is 1. The van der Waals surface area contributed by atoms with Crippen molar-refractivity contribution >= 4 is 29.0 Å². The number of imide groups is 1. The van der Waals surface area contributed by atoms with Gasteiger partial charge in [-0.2, -0.15) is 0 Å². The zero-order valence-corrected chi connectivity index (χ0v) is 10.6. The van der Waals surface area contributed by atoms with Crippen LogP contribution in [-0.4, -0.2) is 11.9 Å². The number of carbonyl (C=O) groups excluding carboxylic acids is 2. The topological polar surface area (TPSA) is 58.2 Å². The van der Waals surface area contributed by atoms with Crippen LogP contribution in [-0.2, 0) is 0 Å². The molecule has 0 spiro atoms. The Morgan fingerprint density at radius 3 is 2.44 bits per heavy atom. The van der Waals surface area contributed by atoms with Gasteiger partial charge < -0.3 is 5.32 Å². The van der Waals surface area contributed by atoms with Gasteiger partial charge in [0.15, 0.2) is 0 Å². The van der Waals surface area contributed by atoms with E-state index in [1.54, 1.807) is 29.6 Å². The Labute approximate surface area is 109 Å². The van der Waals surface area contributed by atoms with Crippen molar-refractivity contribution in [3.05, 3.63) is 52.2 Å². The number of urea groups is 1. The summed E-state index contributed by atoms with van der Waals surface area (Å²) >= 11 is 1.29. The predicted octanol–water partition coefficient (Wildman–Crippen LogP) is 3.02. The average molecular weight is 260 g/mol. The summed E-state index contributed by atoms with van der Waals surface area (Å²) in [5, 5.41) is 6.65. The van der Waals surface area contributed by atoms with E-state index in [-0.39, 0.29) is 0 Å². The van der Waals surface area contributed by atoms with E-state index in [4.69, 9.17) is 0 Å². The zero-order valence-electron chi connectivity index (χ0n) is 9.77. The molecule has 0 aliphatic rings. The van der Waals surface area contributed by atoms with Crippen LogP contribution in [0.15, 0.2) is 41.8 Å². The Morgan fingerprint density at radius 2 is 1.83 bits per heavy atom. The van der Waals surface area contributed by atoms with Crippen LogP contribution in [0, 0.1) is 6.92 Å². The molecule has 18 heavy (non-hydrogen) atoms. The van der Waals surface area contributed by atoms with Gasteiger partial charge in [-0.05, 0) is 30.5 Å². The molecule has 0 aliphatic carbocycles. The monoisotopic (exact) mass is 260 g/mol. The van der Waals surface area contributed by atoms with Gasteiger partial charge in [-0.1, -0.05) is 23.8 Å². The highest BCUT2D eigenvalue weighted by Crippen LogP contribution is 2.09. The number of amides is 3. The van der Waals surface area contributed by atoms with Crippen LogP contribution in [0.1, 0.15) is 15.2 Å². The quantitative estimate of drug-likeness (QED) is 0.872. The minimum Gasteiger partial charge on any atom is -0.308 e. The molecule has 3 amide bonds. The van der Waals surface area contributed by atoms with Crippen molar-refractivity contribution in [3.8, 4) is 0 Å². The summed E-state index contributed by atoms with van der Waals surface area (Å²) in [6.45, 7) is 1.96. The first-order valence-electron chi connectivity index (χ1n) is 5.37. The van der Waals surface area contributed by atoms with Gasteiger partial charge >= 0.3 is 6.03 Å². The van der Waals surface area contributed by atoms with E-state index in [0.717, 1.165) is 5.56 Å². The van der Waals surface area contributed by atoms with Crippen molar-refractivity contribution in [2.75, 3.05) is 5.32 Å². The normalized spacial score (nSPS) is 9.83. The van der Waals surface area contributed by atoms with Crippen molar-refractivity contribution in [2.45, 2.75) is 6.92 Å². The summed E-state index contributed by atoms with van der Waals surface area (Å²) < 4.78 is 0. The lowest BCUT2D eigenvalue weighted by Crippen LogP contribution is -2.33. The lowest BCUT2D eigenvalue weighted by atomic mass is 10.2. The molecule has 0 unspecified atom stereocenters. The molecule has 2 rings (SSSR count). The molecule has 1 aromatic carbocycles. The maximum atomic E-state index is 11.6. The number of nitrogens with one attached hydrogen (secondary N) is 2. The number of rotatable bonds is 2. The second kappa shape index (κ2) is 5.46. The van der Waals surface area contributed by atoms with E-state index in [2.05, 4.69) is 10.6 Å². The highest BCUT2D eigenvalue weighted by molar-refractivity contribution is 7.12. The second-order valence-corrected chi connectivity index (χ2v) is 4.70. The van der Waals surface area contributed by atoms with E-state index in [1.165, 1.54) is 11.3 Å². The summed E-state index contributed by atoms with van der Waals surface area (Å²) in [5.74, 6) is -0.394. The highest BCUT2D eigenvalue weighted by Gasteiger charge is 2.10. The fraction of sp³-hybridized carbons (Fsp3) is 0.0769. The Bertz CT molecular complexity index is 547. The Morgan fingerprint density at radius 1 is 1.11 bits per heavy atom. The van der Waals surface area contributed by atoms with Gasteiger partial charge in [-0.15, -0.1) is 11.3 Å². The van der Waals surface area contributed by atoms with Crippen LogP contribution in [0.3, 0.4) is 0 Å². The van der Waals surface area contributed by atoms with Crippen molar-refractivity contribution < 1.29 is 9.59 Å². The third-order valence-corrected chi connectivity index (χ3v) is 3.15. The number of hydrogen-bond donors (Lipinski definition) is 2. The molecule has 0 fully saturated rings. The fourth-order valence-corrected chi connectivity index (χ4v) is 1.99. The van der Waals surface area contributed by atoms with Crippen molar-refractivity contribution in [2.24, 2.45) is 0 Å². The number of benzene rings is 1. The molecular weight excluding hydrogens is 248 g/mol. The van der Waals surface area contributed by atoms with Crippen molar-refractivity contribution in [3.63, 3.8) is 0 Å². The van der Waals surface area contributed by atoms with Gasteiger partial charge in [0.2, 0.25) is 0 Å². The number of hydrogen-bond acceptors (Lipinski definition) is 3. The van der Waals surface area contributed by atoms with Crippen LogP contribution in [0.25, 0.3) is 0 Å². The summed E-state index contributed by atoms with van der Waals surface area (Å²) in [4.78, 5) is 23.7. The van der Waals surface area contributed by atoms with E-state index < -0.39 is 11.9 Å². The average Bonchev–Trinajstić information content (AvgIpc) is 2.85. The Kier molecular flexibility index (Phi) is 3.74. The zero-order chi connectivity index (χ0) is 13.0. The standard InChI is InChI=1S/C13H12N2O2S/c1-9-4-6-10(7-5-9)14-13(17)15-12(16)11-3-2-8-18-11/h2-8H,1H3,(H2,14,15,16,17). The fourth-order valence-electron chi connectivity index (χ4n) is 1.37. The number of thiophene rings is 1. The number of carbonyl (C=O) groups is 2. The lowest BCUT2D eigenvalue weighted by molar-refractivity contribution is 0.0971. The number of anilines is 1. The molecule has 0 radical (unpaired) electrons. The molecule has 1 aromatic heterocycles. The van der Waals surface area contributed by atoms with Crippen molar-refractivity contribution in [1.82, 2.24) is 5.32 Å². The SMILES string of the molecule is Cc1ccc(NC(=O)NC(=O)c2cccs2)cc1. The van der Waals surface area contributed by atoms with Gasteiger partial charge in [-0.25, -0.2) is 4.79 Å². The van der Waals surface area contributed by atoms with E-state index in [0.29, 0.717) is 10.6 Å². The molecule has 0 aliphatic heterocycles. The van der Waals surface area contributed by atoms with Crippen LogP contribution in [0.4, 0.5) is 10.5 Å². The van der Waals surface area contributed by atoms with Crippen molar-refractivity contribution in [1.29, 1.82) is 0 Å². The summed E-state index contributed by atoms with van der Waals surface area (Å²) in [5.41, 5.74) is 1.76. The molecule has 5 heteroatoms. The third-order valence-electron chi connectivity index (χ3n) is 2.28. The molecule has 2 N–H and O–H groups in total. The molecule has 0 saturated carbocycles. The molecule has 4 nitrogen and oxygen atoms in total. The summed E-state index contributed by atoms with van der Waals surface area (Å²) in [6, 6.07) is 10.2. The summed E-state index contributed by atoms with van der Waals surface area (Å²) in [6.07, 6.45) is 0. The largest absolute Gasteiger partial charge is 0.326 e. The minimum absolute atomic E-state index is 0.394. The van der Waals surface area contributed by atoms with Crippen LogP contribution in [0.2, 0.25) is 0 Å². The highest BCUT2D eigenvalue weighted by atomic mass is 32.1. The molecular formula is C13H12N2O2S. The lowest BCUT2D eigenvalue weighted by Gasteiger charge is -2.05. The van der Waals surface area contributed by atoms with E-state index >= 15 is 0 Å². The van der Waals surface area contributed by atoms with E-state index in [1.807, 2.05) is 19.1 Å². The summed E-state index contributed by atoms with van der Waals surface area (Å²) in [7, 11) is 0. The Hall–Kier alpha value is -2.14. The maximum Gasteiger partial charge on any atom is 0.326 e. The predicted molar refractivity (Wildman–Crippen MR) is 72.0 cm³/mol. The first-order chi connectivity index (χ1) is 8.65. The van der Waals surface area contributed by atoms with Crippen LogP contribution < -0.4 is 10.6 Å². The van der Waals surface area contributed by atoms with Crippen LogP contribution >= 0.6 is 11.3 Å². The van der Waals surface area contributed by atoms with Gasteiger partial charge in [0.25, 0.3) is 5.91 Å². The minimum atomic E-state index is -0.530. The molecule has 2 aromatic rings. The van der Waals surface area contributed by atoms with Crippen LogP contribution in [0.5, 0.6) is 0 Å². The van der Waals surface area contributed by atoms with Gasteiger partial charge in [0.1, 0.15) is 0 Å². The first kappa shape index (κ1) is 12.3. The molecule has 0 saturated heterocycles. The second-order valence-electron chi connectivity index (χ2n) is 3.75. The molecule has 92 valence electrons. The van der Waals surface area contributed by atoms with Gasteiger partial charge in [-0.3, -0.25) is 10.1 Å². The molecule has 0 atom stereocenters.